The molecule has 12 heavy (non-hydrogen) atoms. The minimum Gasteiger partial charge on any atom is -0.267 e. The molecule has 6 heteroatoms. The van der Waals surface area contributed by atoms with Crippen LogP contribution >= 0.6 is 0 Å². The van der Waals surface area contributed by atoms with Crippen LogP contribution < -0.4 is 5.48 Å². The first-order valence-electron chi connectivity index (χ1n) is 3.26. The average Bonchev–Trinajstić information content (AvgIpc) is 2.00. The van der Waals surface area contributed by atoms with E-state index in [1.54, 1.807) is 5.48 Å². The van der Waals surface area contributed by atoms with Crippen LogP contribution in [0.5, 0.6) is 0 Å². The second kappa shape index (κ2) is 4.22. The van der Waals surface area contributed by atoms with Gasteiger partial charge >= 0.3 is 0 Å². The highest BCUT2D eigenvalue weighted by Gasteiger charge is 2.10. The minimum absolute atomic E-state index is 0.182. The molecule has 0 radical (unpaired) electrons. The fraction of sp³-hybridized carbons (Fsp3) is 0.500. The molecule has 0 aromatic rings. The molecular formula is C6H11NO4S. The van der Waals surface area contributed by atoms with E-state index in [1.165, 1.54) is 13.8 Å². The normalized spacial score (nSPS) is 10.8. The monoisotopic (exact) mass is 193 g/mol. The van der Waals surface area contributed by atoms with Gasteiger partial charge < -0.3 is 0 Å². The molecule has 0 aliphatic heterocycles. The summed E-state index contributed by atoms with van der Waals surface area (Å²) >= 11 is 0. The van der Waals surface area contributed by atoms with E-state index in [1.807, 2.05) is 0 Å². The molecule has 0 atom stereocenters. The molecule has 0 aromatic carbocycles. The molecule has 0 heterocycles. The van der Waals surface area contributed by atoms with Gasteiger partial charge in [0.05, 0.1) is 5.75 Å². The zero-order valence-corrected chi connectivity index (χ0v) is 7.77. The topological polar surface area (TPSA) is 72.5 Å². The molecule has 70 valence electrons. The highest BCUT2D eigenvalue weighted by atomic mass is 32.2. The summed E-state index contributed by atoms with van der Waals surface area (Å²) in [5.41, 5.74) is 1.93. The van der Waals surface area contributed by atoms with Crippen LogP contribution in [0.2, 0.25) is 0 Å². The third-order valence-electron chi connectivity index (χ3n) is 1.00. The van der Waals surface area contributed by atoms with Gasteiger partial charge in [-0.05, 0) is 13.8 Å². The Hall–Kier alpha value is -0.880. The van der Waals surface area contributed by atoms with Crippen molar-refractivity contribution < 1.29 is 17.5 Å². The van der Waals surface area contributed by atoms with Crippen LogP contribution in [0.4, 0.5) is 0 Å². The maximum atomic E-state index is 10.7. The number of nitrogens with one attached hydrogen (secondary N) is 1. The number of amides is 1. The third kappa shape index (κ3) is 4.09. The van der Waals surface area contributed by atoms with Crippen molar-refractivity contribution in [1.29, 1.82) is 0 Å². The lowest BCUT2D eigenvalue weighted by molar-refractivity contribution is -0.123. The van der Waals surface area contributed by atoms with Gasteiger partial charge in [0.15, 0.2) is 0 Å². The lowest BCUT2D eigenvalue weighted by Crippen LogP contribution is -2.28. The number of hydrogen-bond donors (Lipinski definition) is 1. The standard InChI is InChI=1S/C6H11NO4S/c1-4-12(9,10)11-7-6(8)5(2)3/h2,4H2,1,3H3,(H,7,8). The van der Waals surface area contributed by atoms with E-state index in [4.69, 9.17) is 0 Å². The summed E-state index contributed by atoms with van der Waals surface area (Å²) in [6.07, 6.45) is 0. The van der Waals surface area contributed by atoms with E-state index < -0.39 is 16.0 Å². The zero-order chi connectivity index (χ0) is 9.78. The fourth-order valence-electron chi connectivity index (χ4n) is 0.247. The van der Waals surface area contributed by atoms with E-state index in [-0.39, 0.29) is 11.3 Å². The third-order valence-corrected chi connectivity index (χ3v) is 2.05. The molecular weight excluding hydrogens is 182 g/mol. The number of rotatable bonds is 4. The lowest BCUT2D eigenvalue weighted by Gasteiger charge is -2.03. The Bertz CT molecular complexity index is 280. The Morgan fingerprint density at radius 1 is 1.58 bits per heavy atom. The van der Waals surface area contributed by atoms with Gasteiger partial charge in [-0.1, -0.05) is 6.58 Å². The van der Waals surface area contributed by atoms with Gasteiger partial charge in [-0.3, -0.25) is 4.79 Å². The van der Waals surface area contributed by atoms with Crippen molar-refractivity contribution in [2.75, 3.05) is 5.75 Å². The largest absolute Gasteiger partial charge is 0.287 e. The van der Waals surface area contributed by atoms with Crippen molar-refractivity contribution in [3.8, 4) is 0 Å². The highest BCUT2D eigenvalue weighted by Crippen LogP contribution is 1.91. The van der Waals surface area contributed by atoms with Crippen molar-refractivity contribution in [3.05, 3.63) is 12.2 Å². The van der Waals surface area contributed by atoms with Crippen molar-refractivity contribution in [2.24, 2.45) is 0 Å². The second-order valence-corrected chi connectivity index (χ2v) is 4.00. The Kier molecular flexibility index (Phi) is 3.91. The van der Waals surface area contributed by atoms with E-state index in [0.717, 1.165) is 0 Å². The van der Waals surface area contributed by atoms with E-state index >= 15 is 0 Å². The molecule has 0 fully saturated rings. The summed E-state index contributed by atoms with van der Waals surface area (Å²) in [6, 6.07) is 0. The predicted molar refractivity (Wildman–Crippen MR) is 43.5 cm³/mol. The Morgan fingerprint density at radius 3 is 2.42 bits per heavy atom. The maximum Gasteiger partial charge on any atom is 0.287 e. The average molecular weight is 193 g/mol. The molecule has 0 aliphatic rings. The minimum atomic E-state index is -3.62. The van der Waals surface area contributed by atoms with Crippen LogP contribution in [0.3, 0.4) is 0 Å². The van der Waals surface area contributed by atoms with Crippen LogP contribution in [0.1, 0.15) is 13.8 Å². The van der Waals surface area contributed by atoms with E-state index in [2.05, 4.69) is 10.9 Å². The molecule has 5 nitrogen and oxygen atoms in total. The summed E-state index contributed by atoms with van der Waals surface area (Å²) in [5, 5.41) is 0. The van der Waals surface area contributed by atoms with Gasteiger partial charge in [0.25, 0.3) is 16.0 Å². The lowest BCUT2D eigenvalue weighted by atomic mass is 10.3. The summed E-state index contributed by atoms with van der Waals surface area (Å²) < 4.78 is 25.4. The molecule has 0 unspecified atom stereocenters. The molecule has 1 N–H and O–H groups in total. The summed E-state index contributed by atoms with van der Waals surface area (Å²) in [5.74, 6) is -0.837. The fourth-order valence-corrected chi connectivity index (χ4v) is 0.568. The number of hydroxylamine groups is 1. The molecule has 0 spiro atoms. The van der Waals surface area contributed by atoms with Gasteiger partial charge in [-0.25, -0.2) is 5.48 Å². The van der Waals surface area contributed by atoms with Gasteiger partial charge in [0, 0.05) is 5.57 Å². The number of hydrogen-bond acceptors (Lipinski definition) is 4. The first kappa shape index (κ1) is 11.1. The SMILES string of the molecule is C=C(C)C(=O)NOS(=O)(=O)CC. The second-order valence-electron chi connectivity index (χ2n) is 2.14. The van der Waals surface area contributed by atoms with Crippen LogP contribution in [0.25, 0.3) is 0 Å². The van der Waals surface area contributed by atoms with Crippen LogP contribution in [-0.4, -0.2) is 20.1 Å². The highest BCUT2D eigenvalue weighted by molar-refractivity contribution is 7.86. The summed E-state index contributed by atoms with van der Waals surface area (Å²) in [6.45, 7) is 6.14. The summed E-state index contributed by atoms with van der Waals surface area (Å²) in [4.78, 5) is 10.7. The van der Waals surface area contributed by atoms with Gasteiger partial charge in [-0.2, -0.15) is 8.42 Å². The van der Waals surface area contributed by atoms with Gasteiger partial charge in [-0.15, -0.1) is 4.28 Å². The van der Waals surface area contributed by atoms with Crippen molar-refractivity contribution in [1.82, 2.24) is 5.48 Å². The predicted octanol–water partition coefficient (Wildman–Crippen LogP) is -0.0400. The van der Waals surface area contributed by atoms with Gasteiger partial charge in [0.2, 0.25) is 0 Å². The molecule has 1 amide bonds. The first-order valence-corrected chi connectivity index (χ1v) is 4.83. The van der Waals surface area contributed by atoms with E-state index in [0.29, 0.717) is 0 Å². The first-order chi connectivity index (χ1) is 5.39. The summed E-state index contributed by atoms with van der Waals surface area (Å²) in [7, 11) is -3.62. The molecule has 0 bridgehead atoms. The molecule has 0 aromatic heterocycles. The molecule has 0 saturated carbocycles. The Labute approximate surface area is 71.5 Å². The number of carbonyl (C=O) groups excluding carboxylic acids is 1. The van der Waals surface area contributed by atoms with Crippen molar-refractivity contribution in [3.63, 3.8) is 0 Å². The number of carbonyl (C=O) groups is 1. The molecule has 0 aliphatic carbocycles. The molecule has 0 rings (SSSR count). The van der Waals surface area contributed by atoms with Crippen LogP contribution in [-0.2, 0) is 19.2 Å². The maximum absolute atomic E-state index is 10.7. The van der Waals surface area contributed by atoms with Crippen LogP contribution in [0.15, 0.2) is 12.2 Å². The van der Waals surface area contributed by atoms with Crippen molar-refractivity contribution in [2.45, 2.75) is 13.8 Å². The zero-order valence-electron chi connectivity index (χ0n) is 6.96. The smallest absolute Gasteiger partial charge is 0.267 e. The quantitative estimate of drug-likeness (QED) is 0.502. The molecule has 0 saturated heterocycles. The van der Waals surface area contributed by atoms with Gasteiger partial charge in [0.1, 0.15) is 0 Å². The van der Waals surface area contributed by atoms with Crippen molar-refractivity contribution >= 4 is 16.0 Å². The Balaban J connectivity index is 4.02. The Morgan fingerprint density at radius 2 is 2.08 bits per heavy atom. The van der Waals surface area contributed by atoms with Crippen LogP contribution in [0, 0.1) is 0 Å². The van der Waals surface area contributed by atoms with E-state index in [9.17, 15) is 13.2 Å².